The molecule has 1 amide bonds. The molecule has 0 aromatic heterocycles. The highest BCUT2D eigenvalue weighted by Gasteiger charge is 2.65. The van der Waals surface area contributed by atoms with E-state index in [9.17, 15) is 49.7 Å². The molecule has 1 saturated carbocycles. The van der Waals surface area contributed by atoms with Gasteiger partial charge in [-0.1, -0.05) is 50.6 Å². The summed E-state index contributed by atoms with van der Waals surface area (Å²) in [5.74, 6) is -6.54. The average Bonchev–Trinajstić information content (AvgIpc) is 1.68. The van der Waals surface area contributed by atoms with Gasteiger partial charge in [0.25, 0.3) is 0 Å². The zero-order valence-corrected chi connectivity index (χ0v) is 55.4. The van der Waals surface area contributed by atoms with Crippen LogP contribution in [-0.4, -0.2) is 197 Å². The minimum absolute atomic E-state index is 0.00196. The van der Waals surface area contributed by atoms with Crippen molar-refractivity contribution in [3.05, 3.63) is 68.5 Å². The first-order valence-electron chi connectivity index (χ1n) is 33.1. The predicted octanol–water partition coefficient (Wildman–Crippen LogP) is 6.36. The Morgan fingerprint density at radius 1 is 0.720 bits per heavy atom. The van der Waals surface area contributed by atoms with E-state index in [1.807, 2.05) is 39.8 Å². The van der Waals surface area contributed by atoms with E-state index in [4.69, 9.17) is 61.6 Å². The summed E-state index contributed by atoms with van der Waals surface area (Å²) in [6, 6.07) is -1.12. The molecular weight excluding hydrogens is 1220 g/mol. The molecular formula is C67H96N2O24. The lowest BCUT2D eigenvalue weighted by Crippen LogP contribution is -2.65. The molecule has 0 aromatic rings. The van der Waals surface area contributed by atoms with E-state index in [0.29, 0.717) is 49.5 Å². The number of amides is 1. The van der Waals surface area contributed by atoms with Crippen LogP contribution < -0.4 is 5.32 Å². The number of alkyl carbamates (subject to hydrolysis) is 1. The van der Waals surface area contributed by atoms with Gasteiger partial charge in [-0.15, -0.1) is 0 Å². The number of aliphatic hydroxyl groups excluding tert-OH is 4. The number of ether oxygens (including phenoxy) is 13. The molecule has 5 N–H and O–H groups in total. The van der Waals surface area contributed by atoms with Gasteiger partial charge in [0.1, 0.15) is 35.9 Å². The van der Waals surface area contributed by atoms with Gasteiger partial charge in [0.05, 0.1) is 86.6 Å². The van der Waals surface area contributed by atoms with Crippen molar-refractivity contribution in [1.29, 1.82) is 0 Å². The van der Waals surface area contributed by atoms with Gasteiger partial charge >= 0.3 is 18.0 Å². The molecule has 0 radical (unpaired) electrons. The molecule has 26 heteroatoms. The molecule has 26 nitrogen and oxygen atoms in total. The smallest absolute Gasteiger partial charge is 0.407 e. The third-order valence-corrected chi connectivity index (χ3v) is 21.7. The van der Waals surface area contributed by atoms with E-state index in [-0.39, 0.29) is 49.5 Å². The number of methoxy groups -OCH3 is 1. The number of carbonyl (C=O) groups excluding carboxylic acids is 5. The standard InChI is InChI=1S/C67H96N2O24/c1-30-14-18-47(88-54-28-65(11,69(79)80)60(38(9)86-54)68-64(78)81-13)31(2)23-43-45(73)24-40(29-70)27-67(43)62(76)55(63(77)93-67)61(75)66(12)42(30)16-15-41-56(66)32(3)22-33(4)57(41)92-53-26-49(59(37(8)85-53)87-39(10)71)90-50-21-19-48(35(6)83-50)89-52-25-46(74)58(36(7)84-52)91-51-20-17-44(72)34(5)82-51/h14-16,23,27,29,32-38,41-54,56-60,72-75H,17-22,24-26,28H2,1-13H3,(H,68,78)/b30-14-,31-23+,61-55+/t32-,33-,34-,35-,36-,37-,38+,41-,42-,43+,44+,45-,46+,47-,48+,49+,50-,51-,52-,53-,54-,56+,57-,58-,59-,60-,65-,66+,67?/m0/s1. The fourth-order valence-electron chi connectivity index (χ4n) is 16.9. The van der Waals surface area contributed by atoms with Crippen LogP contribution in [0.2, 0.25) is 0 Å². The van der Waals surface area contributed by atoms with E-state index in [2.05, 4.69) is 25.2 Å². The Bertz CT molecular complexity index is 2960. The number of nitrogens with zero attached hydrogens (tertiary/aromatic N) is 1. The van der Waals surface area contributed by atoms with E-state index in [1.54, 1.807) is 33.8 Å². The quantitative estimate of drug-likeness (QED) is 0.0240. The molecule has 7 fully saturated rings. The Balaban J connectivity index is 0.906. The van der Waals surface area contributed by atoms with Gasteiger partial charge in [0.2, 0.25) is 16.9 Å². The van der Waals surface area contributed by atoms with E-state index in [0.717, 1.165) is 7.11 Å². The molecule has 1 unspecified atom stereocenters. The monoisotopic (exact) mass is 1310 g/mol. The predicted molar refractivity (Wildman–Crippen MR) is 325 cm³/mol. The Kier molecular flexibility index (Phi) is 21.4. The van der Waals surface area contributed by atoms with Crippen LogP contribution in [0.4, 0.5) is 4.79 Å². The van der Waals surface area contributed by atoms with E-state index >= 15 is 4.79 Å². The molecule has 6 saturated heterocycles. The lowest BCUT2D eigenvalue weighted by Gasteiger charge is -2.56. The number of nitrogens with one attached hydrogen (secondary N) is 1. The van der Waals surface area contributed by atoms with Crippen LogP contribution in [0.15, 0.2) is 58.4 Å². The minimum atomic E-state index is -2.29. The first-order chi connectivity index (χ1) is 43.9. The molecule has 10 aliphatic rings. The van der Waals surface area contributed by atoms with Crippen LogP contribution in [0.1, 0.15) is 147 Å². The zero-order chi connectivity index (χ0) is 67.5. The summed E-state index contributed by atoms with van der Waals surface area (Å²) in [6.45, 7) is 21.0. The Morgan fingerprint density at radius 3 is 2.01 bits per heavy atom. The van der Waals surface area contributed by atoms with Crippen molar-refractivity contribution >= 4 is 30.1 Å². The van der Waals surface area contributed by atoms with Crippen molar-refractivity contribution in [3.63, 3.8) is 0 Å². The maximum Gasteiger partial charge on any atom is 0.407 e. The second-order valence-electron chi connectivity index (χ2n) is 28.2. The first kappa shape index (κ1) is 70.7. The summed E-state index contributed by atoms with van der Waals surface area (Å²) >= 11 is 0. The molecule has 6 heterocycles. The highest BCUT2D eigenvalue weighted by Crippen LogP contribution is 2.61. The number of aldehydes is 1. The number of hydrogen-bond donors (Lipinski definition) is 5. The number of fused-ring (bicyclic) bond motifs is 4. The second-order valence-corrected chi connectivity index (χ2v) is 28.2. The van der Waals surface area contributed by atoms with Gasteiger partial charge in [0, 0.05) is 68.1 Å². The van der Waals surface area contributed by atoms with E-state index in [1.165, 1.54) is 19.9 Å². The van der Waals surface area contributed by atoms with Crippen LogP contribution in [-0.2, 0) is 80.8 Å². The summed E-state index contributed by atoms with van der Waals surface area (Å²) in [7, 11) is 1.15. The number of carbonyl (C=O) groups is 5. The summed E-state index contributed by atoms with van der Waals surface area (Å²) in [6.07, 6.45) is -3.96. The number of ketones is 1. The normalized spacial score (nSPS) is 48.2. The summed E-state index contributed by atoms with van der Waals surface area (Å²) in [5.41, 5.74) is -5.03. The maximum atomic E-state index is 15.6. The summed E-state index contributed by atoms with van der Waals surface area (Å²) < 4.78 is 81.5. The van der Waals surface area contributed by atoms with Gasteiger partial charge < -0.3 is 87.3 Å². The van der Waals surface area contributed by atoms with Crippen molar-refractivity contribution in [3.8, 4) is 0 Å². The van der Waals surface area contributed by atoms with Crippen molar-refractivity contribution in [2.75, 3.05) is 7.11 Å². The second kappa shape index (κ2) is 28.2. The van der Waals surface area contributed by atoms with Crippen LogP contribution in [0.5, 0.6) is 0 Å². The zero-order valence-electron chi connectivity index (χ0n) is 55.4. The molecule has 6 aliphatic heterocycles. The molecule has 0 aromatic carbocycles. The Morgan fingerprint density at radius 2 is 1.35 bits per heavy atom. The number of rotatable bonds is 14. The van der Waals surface area contributed by atoms with Crippen molar-refractivity contribution in [1.82, 2.24) is 5.32 Å². The van der Waals surface area contributed by atoms with Gasteiger partial charge in [-0.25, -0.2) is 9.59 Å². The SMILES string of the molecule is COC(=O)N[C@H]1[C@@H](C)O[C@@H](O[C@H]2C/C=C(/C)[C@@H]3C=C[C@@H]4[C@@H](O[C@H]5C[C@@H](O[C@H]6CC[C@@H](O[C@H]7C[C@@H](O)[C@@H](O[C@H]8CC[C@@H](O)[C@H](C)O8)[C@H](C)O7)[C@H](C)O6)[C@@H](OC(C)=O)[C@H](C)O5)[C@@H](C)C[C@H](C)[C@H]4[C@]3(C)/C(O)=C3\C(=O)OC4(C=C(C=O)C[C@H](O)[C@H]4/C=C/2C)C3=O)C[C@]1(C)[N+](=O)[O-]. The number of nitro groups is 1. The fraction of sp³-hybridized carbons (Fsp3) is 0.776. The lowest BCUT2D eigenvalue weighted by atomic mass is 9.49. The van der Waals surface area contributed by atoms with Gasteiger partial charge in [-0.05, 0) is 109 Å². The fourth-order valence-corrected chi connectivity index (χ4v) is 16.9. The Labute approximate surface area is 542 Å². The third-order valence-electron chi connectivity index (χ3n) is 21.7. The molecule has 518 valence electrons. The number of hydrogen-bond acceptors (Lipinski definition) is 24. The molecule has 4 aliphatic carbocycles. The lowest BCUT2D eigenvalue weighted by molar-refractivity contribution is -0.584. The first-order valence-corrected chi connectivity index (χ1v) is 33.1. The number of esters is 2. The van der Waals surface area contributed by atoms with E-state index < -0.39 is 203 Å². The molecule has 1 spiro atoms. The topological polar surface area (TPSA) is 341 Å². The third kappa shape index (κ3) is 14.0. The van der Waals surface area contributed by atoms with Crippen LogP contribution in [0.3, 0.4) is 0 Å². The molecule has 93 heavy (non-hydrogen) atoms. The number of aliphatic hydroxyl groups is 4. The maximum absolute atomic E-state index is 15.6. The summed E-state index contributed by atoms with van der Waals surface area (Å²) in [5, 5.41) is 62.0. The van der Waals surface area contributed by atoms with Crippen molar-refractivity contribution in [2.24, 2.45) is 40.9 Å². The summed E-state index contributed by atoms with van der Waals surface area (Å²) in [4.78, 5) is 80.4. The van der Waals surface area contributed by atoms with Gasteiger partial charge in [-0.3, -0.25) is 24.5 Å². The number of Topliss-reactive ketones (excluding diaryl/α,β-unsaturated/α-hetero) is 1. The van der Waals surface area contributed by atoms with Crippen LogP contribution >= 0.6 is 0 Å². The number of allylic oxidation sites excluding steroid dienone is 3. The highest BCUT2D eigenvalue weighted by atomic mass is 16.8. The minimum Gasteiger partial charge on any atom is -0.511 e. The molecule has 29 atom stereocenters. The molecule has 2 bridgehead atoms. The molecule has 10 rings (SSSR count). The van der Waals surface area contributed by atoms with Crippen LogP contribution in [0, 0.1) is 51.0 Å². The van der Waals surface area contributed by atoms with Crippen molar-refractivity contribution < 1.29 is 111 Å². The van der Waals surface area contributed by atoms with Gasteiger partial charge in [-0.2, -0.15) is 0 Å². The van der Waals surface area contributed by atoms with Gasteiger partial charge in [0.15, 0.2) is 37.6 Å². The largest absolute Gasteiger partial charge is 0.511 e. The Hall–Kier alpha value is -5.07. The van der Waals surface area contributed by atoms with Crippen molar-refractivity contribution in [2.45, 2.75) is 281 Å². The van der Waals surface area contributed by atoms with Crippen LogP contribution in [0.25, 0.3) is 0 Å². The highest BCUT2D eigenvalue weighted by molar-refractivity contribution is 6.27. The average molecular weight is 1310 g/mol.